The van der Waals surface area contributed by atoms with Crippen molar-refractivity contribution in [3.8, 4) is 0 Å². The topological polar surface area (TPSA) is 86.8 Å². The molecule has 9 heteroatoms. The summed E-state index contributed by atoms with van der Waals surface area (Å²) in [7, 11) is -4.14. The van der Waals surface area contributed by atoms with Gasteiger partial charge in [0.05, 0.1) is 10.6 Å². The van der Waals surface area contributed by atoms with Gasteiger partial charge in [-0.15, -0.1) is 0 Å². The van der Waals surface area contributed by atoms with Crippen LogP contribution in [-0.2, 0) is 26.2 Å². The van der Waals surface area contributed by atoms with Crippen LogP contribution in [0.3, 0.4) is 0 Å². The van der Waals surface area contributed by atoms with Crippen LogP contribution in [-0.4, -0.2) is 43.8 Å². The number of nitrogens with one attached hydrogen (secondary N) is 1. The van der Waals surface area contributed by atoms with Gasteiger partial charge >= 0.3 is 0 Å². The lowest BCUT2D eigenvalue weighted by atomic mass is 10.1. The molecule has 3 aromatic rings. The molecule has 1 N–H and O–H groups in total. The highest BCUT2D eigenvalue weighted by molar-refractivity contribution is 7.92. The summed E-state index contributed by atoms with van der Waals surface area (Å²) in [5.74, 6) is -0.840. The van der Waals surface area contributed by atoms with Crippen LogP contribution in [0.15, 0.2) is 77.7 Å². The van der Waals surface area contributed by atoms with Crippen LogP contribution in [0.2, 0.25) is 5.02 Å². The second kappa shape index (κ2) is 12.5. The van der Waals surface area contributed by atoms with Gasteiger partial charge in [-0.3, -0.25) is 13.9 Å². The highest BCUT2D eigenvalue weighted by Gasteiger charge is 2.33. The molecule has 0 fully saturated rings. The van der Waals surface area contributed by atoms with Crippen LogP contribution < -0.4 is 9.62 Å². The highest BCUT2D eigenvalue weighted by Crippen LogP contribution is 2.27. The number of hydrogen-bond acceptors (Lipinski definition) is 4. The van der Waals surface area contributed by atoms with Crippen molar-refractivity contribution in [3.63, 3.8) is 0 Å². The Kier molecular flexibility index (Phi) is 9.57. The lowest BCUT2D eigenvalue weighted by Gasteiger charge is -2.32. The SMILES string of the molecule is Cc1ccc(S(=O)(=O)N(CC(=O)N(Cc2ccccc2C)C(C)C(=O)NC(C)C)c2cccc(Cl)c2)cc1. The van der Waals surface area contributed by atoms with Crippen molar-refractivity contribution in [2.45, 2.75) is 58.1 Å². The Morgan fingerprint density at radius 3 is 2.18 bits per heavy atom. The molecular formula is C29H34ClN3O4S. The standard InChI is InChI=1S/C29H34ClN3O4S/c1-20(2)31-29(35)23(5)32(18-24-10-7-6-9-22(24)4)28(34)19-33(26-12-8-11-25(30)17-26)38(36,37)27-15-13-21(3)14-16-27/h6-17,20,23H,18-19H2,1-5H3,(H,31,35). The van der Waals surface area contributed by atoms with Gasteiger partial charge in [-0.1, -0.05) is 59.6 Å². The normalized spacial score (nSPS) is 12.2. The average Bonchev–Trinajstić information content (AvgIpc) is 2.86. The van der Waals surface area contributed by atoms with Gasteiger partial charge in [0, 0.05) is 17.6 Å². The van der Waals surface area contributed by atoms with E-state index in [1.165, 1.54) is 23.1 Å². The molecular weight excluding hydrogens is 522 g/mol. The molecule has 0 aliphatic rings. The number of hydrogen-bond donors (Lipinski definition) is 1. The fourth-order valence-corrected chi connectivity index (χ4v) is 5.55. The number of benzene rings is 3. The van der Waals surface area contributed by atoms with Gasteiger partial charge in [0.1, 0.15) is 12.6 Å². The second-order valence-corrected chi connectivity index (χ2v) is 11.9. The number of aryl methyl sites for hydroxylation is 2. The second-order valence-electron chi connectivity index (χ2n) is 9.59. The summed E-state index contributed by atoms with van der Waals surface area (Å²) in [5.41, 5.74) is 2.98. The van der Waals surface area contributed by atoms with Crippen LogP contribution in [0.5, 0.6) is 0 Å². The smallest absolute Gasteiger partial charge is 0.264 e. The average molecular weight is 556 g/mol. The Balaban J connectivity index is 2.04. The van der Waals surface area contributed by atoms with Crippen molar-refractivity contribution in [2.24, 2.45) is 0 Å². The minimum absolute atomic E-state index is 0.0481. The van der Waals surface area contributed by atoms with E-state index in [1.54, 1.807) is 37.3 Å². The fourth-order valence-electron chi connectivity index (χ4n) is 3.96. The highest BCUT2D eigenvalue weighted by atomic mass is 35.5. The molecule has 0 aliphatic heterocycles. The fraction of sp³-hybridized carbons (Fsp3) is 0.310. The van der Waals surface area contributed by atoms with E-state index in [0.717, 1.165) is 21.0 Å². The predicted octanol–water partition coefficient (Wildman–Crippen LogP) is 5.09. The van der Waals surface area contributed by atoms with E-state index < -0.39 is 28.5 Å². The van der Waals surface area contributed by atoms with Crippen molar-refractivity contribution in [2.75, 3.05) is 10.8 Å². The number of carbonyl (C=O) groups excluding carboxylic acids is 2. The van der Waals surface area contributed by atoms with Crippen LogP contribution in [0.25, 0.3) is 0 Å². The van der Waals surface area contributed by atoms with Crippen LogP contribution in [0.1, 0.15) is 37.5 Å². The summed E-state index contributed by atoms with van der Waals surface area (Å²) in [6.07, 6.45) is 0. The minimum atomic E-state index is -4.14. The maximum absolute atomic E-state index is 13.9. The summed E-state index contributed by atoms with van der Waals surface area (Å²) in [6, 6.07) is 19.4. The first-order valence-electron chi connectivity index (χ1n) is 12.4. The largest absolute Gasteiger partial charge is 0.352 e. The molecule has 0 aromatic heterocycles. The van der Waals surface area contributed by atoms with Gasteiger partial charge in [0.2, 0.25) is 11.8 Å². The number of halogens is 1. The predicted molar refractivity (Wildman–Crippen MR) is 152 cm³/mol. The van der Waals surface area contributed by atoms with Gasteiger partial charge in [0.25, 0.3) is 10.0 Å². The van der Waals surface area contributed by atoms with E-state index in [9.17, 15) is 18.0 Å². The molecule has 0 spiro atoms. The maximum Gasteiger partial charge on any atom is 0.264 e. The summed E-state index contributed by atoms with van der Waals surface area (Å²) in [6.45, 7) is 8.75. The quantitative estimate of drug-likeness (QED) is 0.377. The molecule has 3 rings (SSSR count). The summed E-state index contributed by atoms with van der Waals surface area (Å²) < 4.78 is 28.7. The first-order valence-corrected chi connectivity index (χ1v) is 14.2. The van der Waals surface area contributed by atoms with Crippen LogP contribution in [0, 0.1) is 13.8 Å². The molecule has 0 heterocycles. The molecule has 3 aromatic carbocycles. The molecule has 0 aliphatic carbocycles. The first kappa shape index (κ1) is 29.2. The van der Waals surface area contributed by atoms with Crippen molar-refractivity contribution in [1.82, 2.24) is 10.2 Å². The zero-order valence-electron chi connectivity index (χ0n) is 22.3. The van der Waals surface area contributed by atoms with Crippen molar-refractivity contribution in [1.29, 1.82) is 0 Å². The Morgan fingerprint density at radius 2 is 1.58 bits per heavy atom. The molecule has 1 unspecified atom stereocenters. The molecule has 0 saturated heterocycles. The molecule has 1 atom stereocenters. The van der Waals surface area contributed by atoms with E-state index in [2.05, 4.69) is 5.32 Å². The lowest BCUT2D eigenvalue weighted by molar-refractivity contribution is -0.139. The van der Waals surface area contributed by atoms with Gasteiger partial charge in [0.15, 0.2) is 0 Å². The number of anilines is 1. The van der Waals surface area contributed by atoms with Crippen molar-refractivity contribution in [3.05, 3.63) is 94.5 Å². The van der Waals surface area contributed by atoms with Gasteiger partial charge < -0.3 is 10.2 Å². The Morgan fingerprint density at radius 1 is 0.921 bits per heavy atom. The third-order valence-corrected chi connectivity index (χ3v) is 8.21. The Hall–Kier alpha value is -3.36. The molecule has 0 saturated carbocycles. The number of sulfonamides is 1. The molecule has 0 radical (unpaired) electrons. The van der Waals surface area contributed by atoms with E-state index >= 15 is 0 Å². The Labute approximate surface area is 230 Å². The summed E-state index contributed by atoms with van der Waals surface area (Å²) >= 11 is 6.20. The van der Waals surface area contributed by atoms with Crippen LogP contribution in [0.4, 0.5) is 5.69 Å². The third-order valence-electron chi connectivity index (χ3n) is 6.18. The van der Waals surface area contributed by atoms with E-state index in [1.807, 2.05) is 52.0 Å². The van der Waals surface area contributed by atoms with Crippen LogP contribution >= 0.6 is 11.6 Å². The summed E-state index contributed by atoms with van der Waals surface area (Å²) in [5, 5.41) is 3.18. The molecule has 202 valence electrons. The maximum atomic E-state index is 13.9. The molecule has 2 amide bonds. The van der Waals surface area contributed by atoms with Gasteiger partial charge in [-0.05, 0) is 76.1 Å². The molecule has 38 heavy (non-hydrogen) atoms. The zero-order chi connectivity index (χ0) is 28.0. The molecule has 0 bridgehead atoms. The lowest BCUT2D eigenvalue weighted by Crippen LogP contribution is -2.52. The van der Waals surface area contributed by atoms with E-state index in [-0.39, 0.29) is 29.1 Å². The zero-order valence-corrected chi connectivity index (χ0v) is 23.9. The number of carbonyl (C=O) groups is 2. The number of rotatable bonds is 10. The Bertz CT molecular complexity index is 1390. The monoisotopic (exact) mass is 555 g/mol. The third kappa shape index (κ3) is 7.14. The van der Waals surface area contributed by atoms with Gasteiger partial charge in [-0.2, -0.15) is 0 Å². The summed E-state index contributed by atoms with van der Waals surface area (Å²) in [4.78, 5) is 28.3. The van der Waals surface area contributed by atoms with E-state index in [0.29, 0.717) is 5.02 Å². The van der Waals surface area contributed by atoms with Gasteiger partial charge in [-0.25, -0.2) is 8.42 Å². The van der Waals surface area contributed by atoms with E-state index in [4.69, 9.17) is 11.6 Å². The number of nitrogens with zero attached hydrogens (tertiary/aromatic N) is 2. The number of amides is 2. The van der Waals surface area contributed by atoms with Crippen molar-refractivity contribution < 1.29 is 18.0 Å². The molecule has 7 nitrogen and oxygen atoms in total. The minimum Gasteiger partial charge on any atom is -0.352 e. The van der Waals surface area contributed by atoms with Crippen molar-refractivity contribution >= 4 is 39.1 Å². The first-order chi connectivity index (χ1) is 17.9.